The molecule has 1 aromatic rings. The van der Waals surface area contributed by atoms with Crippen LogP contribution in [0.1, 0.15) is 18.9 Å². The number of nitrogens with zero attached hydrogens (tertiary/aromatic N) is 4. The Bertz CT molecular complexity index is 575. The molecule has 0 saturated carbocycles. The third kappa shape index (κ3) is 3.02. The Hall–Kier alpha value is -2.42. The van der Waals surface area contributed by atoms with E-state index in [9.17, 15) is 15.2 Å². The molecule has 1 fully saturated rings. The average molecular weight is 295 g/mol. The molecule has 1 aliphatic rings. The number of pyridine rings is 1. The highest BCUT2D eigenvalue weighted by molar-refractivity contribution is 5.97. The molecule has 0 amide bonds. The predicted octanol–water partition coefficient (Wildman–Crippen LogP) is 0.291. The number of anilines is 1. The summed E-state index contributed by atoms with van der Waals surface area (Å²) in [6, 6.07) is 1.23. The summed E-state index contributed by atoms with van der Waals surface area (Å²) in [6.07, 6.45) is 1.61. The van der Waals surface area contributed by atoms with Gasteiger partial charge in [-0.05, 0) is 13.3 Å². The molecular weight excluding hydrogens is 278 g/mol. The summed E-state index contributed by atoms with van der Waals surface area (Å²) in [5.74, 6) is 0.0632. The number of nitrogens with two attached hydrogens (primary N) is 1. The van der Waals surface area contributed by atoms with Crippen LogP contribution >= 0.6 is 0 Å². The highest BCUT2D eigenvalue weighted by Crippen LogP contribution is 2.31. The van der Waals surface area contributed by atoms with Gasteiger partial charge >= 0.3 is 5.69 Å². The van der Waals surface area contributed by atoms with E-state index >= 15 is 0 Å². The van der Waals surface area contributed by atoms with Crippen LogP contribution in [0.2, 0.25) is 0 Å². The van der Waals surface area contributed by atoms with Gasteiger partial charge in [-0.15, -0.1) is 0 Å². The van der Waals surface area contributed by atoms with E-state index in [4.69, 9.17) is 10.9 Å². The molecule has 9 nitrogen and oxygen atoms in total. The monoisotopic (exact) mass is 295 g/mol. The second-order valence-electron chi connectivity index (χ2n) is 5.04. The average Bonchev–Trinajstić information content (AvgIpc) is 2.95. The Morgan fingerprint density at radius 1 is 1.71 bits per heavy atom. The molecular formula is C12H17N5O4. The lowest BCUT2D eigenvalue weighted by Gasteiger charge is -2.18. The maximum Gasteiger partial charge on any atom is 0.312 e. The van der Waals surface area contributed by atoms with Gasteiger partial charge in [0, 0.05) is 36.8 Å². The number of hydrogen-bond donors (Lipinski definition) is 3. The van der Waals surface area contributed by atoms with Crippen molar-refractivity contribution in [2.45, 2.75) is 19.4 Å². The second-order valence-corrected chi connectivity index (χ2v) is 5.04. The Labute approximate surface area is 120 Å². The topological polar surface area (TPSA) is 138 Å². The molecule has 2 heterocycles. The first-order chi connectivity index (χ1) is 9.93. The van der Waals surface area contributed by atoms with Crippen molar-refractivity contribution in [2.75, 3.05) is 18.0 Å². The van der Waals surface area contributed by atoms with Crippen LogP contribution in [0.25, 0.3) is 0 Å². The fourth-order valence-corrected chi connectivity index (χ4v) is 2.40. The standard InChI is InChI=1S/C12H17N5O4/c1-7(18)8-2-3-16(6-8)12-10(17(20)21)4-9(5-14-12)11(13)15-19/h4-5,7-8,18-19H,2-3,6H2,1H3,(H2,13,15). The van der Waals surface area contributed by atoms with Gasteiger partial charge in [-0.3, -0.25) is 10.1 Å². The van der Waals surface area contributed by atoms with Gasteiger partial charge in [0.1, 0.15) is 0 Å². The van der Waals surface area contributed by atoms with Crippen LogP contribution in [0, 0.1) is 16.0 Å². The van der Waals surface area contributed by atoms with Crippen LogP contribution in [0.4, 0.5) is 11.5 Å². The van der Waals surface area contributed by atoms with E-state index in [1.807, 2.05) is 0 Å². The lowest BCUT2D eigenvalue weighted by molar-refractivity contribution is -0.384. The minimum Gasteiger partial charge on any atom is -0.409 e. The first-order valence-electron chi connectivity index (χ1n) is 6.49. The number of amidine groups is 1. The van der Waals surface area contributed by atoms with Gasteiger partial charge in [0.15, 0.2) is 5.84 Å². The lowest BCUT2D eigenvalue weighted by atomic mass is 10.0. The minimum atomic E-state index is -0.549. The Morgan fingerprint density at radius 2 is 2.43 bits per heavy atom. The molecule has 4 N–H and O–H groups in total. The maximum absolute atomic E-state index is 11.2. The normalized spacial score (nSPS) is 20.6. The number of aliphatic hydroxyl groups excluding tert-OH is 1. The molecule has 114 valence electrons. The van der Waals surface area contributed by atoms with E-state index in [2.05, 4.69) is 10.1 Å². The minimum absolute atomic E-state index is 0.0650. The highest BCUT2D eigenvalue weighted by Gasteiger charge is 2.31. The molecule has 0 spiro atoms. The number of oxime groups is 1. The molecule has 0 bridgehead atoms. The molecule has 2 rings (SSSR count). The maximum atomic E-state index is 11.2. The first kappa shape index (κ1) is 15.0. The van der Waals surface area contributed by atoms with Crippen molar-refractivity contribution in [3.8, 4) is 0 Å². The lowest BCUT2D eigenvalue weighted by Crippen LogP contribution is -2.25. The van der Waals surface area contributed by atoms with Crippen LogP contribution in [0.3, 0.4) is 0 Å². The fraction of sp³-hybridized carbons (Fsp3) is 0.500. The van der Waals surface area contributed by atoms with Crippen molar-refractivity contribution in [3.05, 3.63) is 27.9 Å². The Morgan fingerprint density at radius 3 is 2.95 bits per heavy atom. The summed E-state index contributed by atoms with van der Waals surface area (Å²) in [4.78, 5) is 16.5. The van der Waals surface area contributed by atoms with Crippen molar-refractivity contribution in [1.29, 1.82) is 0 Å². The van der Waals surface area contributed by atoms with Crippen molar-refractivity contribution in [1.82, 2.24) is 4.98 Å². The summed E-state index contributed by atoms with van der Waals surface area (Å²) in [5.41, 5.74) is 5.40. The van der Waals surface area contributed by atoms with Gasteiger partial charge in [-0.1, -0.05) is 5.16 Å². The molecule has 1 saturated heterocycles. The fourth-order valence-electron chi connectivity index (χ4n) is 2.40. The zero-order chi connectivity index (χ0) is 15.6. The molecule has 1 aromatic heterocycles. The number of nitro groups is 1. The molecule has 0 radical (unpaired) electrons. The SMILES string of the molecule is CC(O)C1CCN(c2ncc(C(N)=NO)cc2[N+](=O)[O-])C1. The van der Waals surface area contributed by atoms with Gasteiger partial charge in [0.2, 0.25) is 5.82 Å². The predicted molar refractivity (Wildman–Crippen MR) is 75.4 cm³/mol. The Kier molecular flexibility index (Phi) is 4.22. The molecule has 9 heteroatoms. The van der Waals surface area contributed by atoms with E-state index in [-0.39, 0.29) is 28.8 Å². The van der Waals surface area contributed by atoms with Crippen LogP contribution in [-0.4, -0.2) is 45.3 Å². The summed E-state index contributed by atoms with van der Waals surface area (Å²) in [5, 5.41) is 32.2. The quantitative estimate of drug-likeness (QED) is 0.238. The van der Waals surface area contributed by atoms with E-state index in [1.165, 1.54) is 12.3 Å². The van der Waals surface area contributed by atoms with Crippen LogP contribution in [-0.2, 0) is 0 Å². The molecule has 21 heavy (non-hydrogen) atoms. The molecule has 2 unspecified atom stereocenters. The van der Waals surface area contributed by atoms with E-state index < -0.39 is 11.0 Å². The van der Waals surface area contributed by atoms with Gasteiger partial charge in [0.25, 0.3) is 0 Å². The van der Waals surface area contributed by atoms with Crippen molar-refractivity contribution in [2.24, 2.45) is 16.8 Å². The van der Waals surface area contributed by atoms with Crippen molar-refractivity contribution in [3.63, 3.8) is 0 Å². The number of hydrogen-bond acceptors (Lipinski definition) is 7. The summed E-state index contributed by atoms with van der Waals surface area (Å²) in [6.45, 7) is 2.80. The second kappa shape index (κ2) is 5.92. The van der Waals surface area contributed by atoms with Gasteiger partial charge in [-0.2, -0.15) is 0 Å². The Balaban J connectivity index is 2.34. The first-order valence-corrected chi connectivity index (χ1v) is 6.49. The zero-order valence-corrected chi connectivity index (χ0v) is 11.5. The summed E-state index contributed by atoms with van der Waals surface area (Å²) < 4.78 is 0. The third-order valence-corrected chi connectivity index (χ3v) is 3.65. The van der Waals surface area contributed by atoms with Gasteiger partial charge in [-0.25, -0.2) is 4.98 Å². The third-order valence-electron chi connectivity index (χ3n) is 3.65. The number of aliphatic hydroxyl groups is 1. The van der Waals surface area contributed by atoms with Gasteiger partial charge in [0.05, 0.1) is 11.0 Å². The molecule has 0 aromatic carbocycles. The molecule has 1 aliphatic heterocycles. The number of aromatic nitrogens is 1. The molecule has 2 atom stereocenters. The van der Waals surface area contributed by atoms with Crippen LogP contribution < -0.4 is 10.6 Å². The van der Waals surface area contributed by atoms with E-state index in [1.54, 1.807) is 11.8 Å². The van der Waals surface area contributed by atoms with E-state index in [0.717, 1.165) is 6.42 Å². The van der Waals surface area contributed by atoms with E-state index in [0.29, 0.717) is 13.1 Å². The largest absolute Gasteiger partial charge is 0.409 e. The smallest absolute Gasteiger partial charge is 0.312 e. The summed E-state index contributed by atoms with van der Waals surface area (Å²) in [7, 11) is 0. The highest BCUT2D eigenvalue weighted by atomic mass is 16.6. The van der Waals surface area contributed by atoms with Crippen molar-refractivity contribution < 1.29 is 15.2 Å². The molecule has 0 aliphatic carbocycles. The number of rotatable bonds is 4. The van der Waals surface area contributed by atoms with Crippen LogP contribution in [0.5, 0.6) is 0 Å². The van der Waals surface area contributed by atoms with Gasteiger partial charge < -0.3 is 20.9 Å². The van der Waals surface area contributed by atoms with Crippen LogP contribution in [0.15, 0.2) is 17.4 Å². The summed E-state index contributed by atoms with van der Waals surface area (Å²) >= 11 is 0. The van der Waals surface area contributed by atoms with Crippen molar-refractivity contribution >= 4 is 17.3 Å². The zero-order valence-electron chi connectivity index (χ0n) is 11.5.